The molecule has 2 aromatic rings. The molecule has 0 atom stereocenters. The minimum atomic E-state index is 0.480. The van der Waals surface area contributed by atoms with E-state index in [-0.39, 0.29) is 0 Å². The third-order valence-corrected chi connectivity index (χ3v) is 2.38. The number of rotatable bonds is 1. The van der Waals surface area contributed by atoms with Crippen molar-refractivity contribution in [1.29, 1.82) is 0 Å². The molecule has 0 saturated heterocycles. The first-order valence-corrected chi connectivity index (χ1v) is 4.43. The lowest BCUT2D eigenvalue weighted by molar-refractivity contribution is 0.883. The second kappa shape index (κ2) is 2.88. The lowest BCUT2D eigenvalue weighted by Gasteiger charge is -1.92. The number of hydrogen-bond acceptors (Lipinski definition) is 2. The van der Waals surface area contributed by atoms with E-state index in [0.717, 1.165) is 15.7 Å². The summed E-state index contributed by atoms with van der Waals surface area (Å²) in [6.07, 6.45) is 1.90. The van der Waals surface area contributed by atoms with Crippen molar-refractivity contribution in [3.63, 3.8) is 0 Å². The van der Waals surface area contributed by atoms with Gasteiger partial charge in [0.25, 0.3) is 0 Å². The molecule has 2 heterocycles. The van der Waals surface area contributed by atoms with Crippen molar-refractivity contribution in [2.24, 2.45) is 5.73 Å². The Balaban J connectivity index is 2.74. The van der Waals surface area contributed by atoms with Crippen LogP contribution in [0, 0.1) is 0 Å². The maximum absolute atomic E-state index is 5.47. The molecule has 0 aromatic carbocycles. The van der Waals surface area contributed by atoms with Crippen LogP contribution in [-0.4, -0.2) is 9.61 Å². The van der Waals surface area contributed by atoms with Crippen LogP contribution in [0.4, 0.5) is 0 Å². The molecule has 0 aliphatic heterocycles. The molecule has 0 unspecified atom stereocenters. The fraction of sp³-hybridized carbons (Fsp3) is 0.125. The maximum Gasteiger partial charge on any atom is 0.0806 e. The van der Waals surface area contributed by atoms with E-state index in [1.807, 2.05) is 28.9 Å². The van der Waals surface area contributed by atoms with E-state index < -0.39 is 0 Å². The number of aromatic nitrogens is 2. The summed E-state index contributed by atoms with van der Waals surface area (Å²) in [5.41, 5.74) is 7.43. The summed E-state index contributed by atoms with van der Waals surface area (Å²) in [7, 11) is 0. The van der Waals surface area contributed by atoms with Crippen molar-refractivity contribution >= 4 is 21.4 Å². The van der Waals surface area contributed by atoms with Gasteiger partial charge in [-0.1, -0.05) is 0 Å². The van der Waals surface area contributed by atoms with Gasteiger partial charge in [-0.05, 0) is 34.1 Å². The minimum absolute atomic E-state index is 0.480. The molecule has 12 heavy (non-hydrogen) atoms. The summed E-state index contributed by atoms with van der Waals surface area (Å²) in [5, 5.41) is 4.25. The first kappa shape index (κ1) is 7.76. The molecule has 2 rings (SSSR count). The summed E-state index contributed by atoms with van der Waals surface area (Å²) in [6, 6.07) is 5.89. The number of nitrogens with two attached hydrogens (primary N) is 1. The Labute approximate surface area is 78.3 Å². The summed E-state index contributed by atoms with van der Waals surface area (Å²) < 4.78 is 2.85. The molecule has 0 saturated carbocycles. The zero-order valence-electron chi connectivity index (χ0n) is 6.37. The molecule has 3 nitrogen and oxygen atoms in total. The fourth-order valence-corrected chi connectivity index (χ4v) is 1.58. The normalized spacial score (nSPS) is 10.8. The third-order valence-electron chi connectivity index (χ3n) is 1.71. The summed E-state index contributed by atoms with van der Waals surface area (Å²) in [5.74, 6) is 0. The minimum Gasteiger partial charge on any atom is -0.325 e. The molecular formula is C8H8BrN3. The summed E-state index contributed by atoms with van der Waals surface area (Å²) in [4.78, 5) is 0. The van der Waals surface area contributed by atoms with E-state index in [0.29, 0.717) is 6.54 Å². The van der Waals surface area contributed by atoms with E-state index >= 15 is 0 Å². The second-order valence-electron chi connectivity index (χ2n) is 2.53. The molecule has 0 aliphatic carbocycles. The van der Waals surface area contributed by atoms with Gasteiger partial charge in [0.15, 0.2) is 0 Å². The van der Waals surface area contributed by atoms with E-state index in [4.69, 9.17) is 5.73 Å². The predicted octanol–water partition coefficient (Wildman–Crippen LogP) is 1.56. The number of pyridine rings is 1. The Bertz CT molecular complexity index is 408. The van der Waals surface area contributed by atoms with Gasteiger partial charge in [-0.25, -0.2) is 4.52 Å². The fourth-order valence-electron chi connectivity index (χ4n) is 1.13. The molecular weight excluding hydrogens is 218 g/mol. The highest BCUT2D eigenvalue weighted by Gasteiger charge is 2.01. The molecule has 2 N–H and O–H groups in total. The summed E-state index contributed by atoms with van der Waals surface area (Å²) >= 11 is 3.44. The molecule has 2 aromatic heterocycles. The Morgan fingerprint density at radius 2 is 2.42 bits per heavy atom. The molecule has 0 bridgehead atoms. The quantitative estimate of drug-likeness (QED) is 0.801. The highest BCUT2D eigenvalue weighted by Crippen LogP contribution is 2.17. The number of nitrogens with zero attached hydrogens (tertiary/aromatic N) is 2. The van der Waals surface area contributed by atoms with Gasteiger partial charge in [0, 0.05) is 17.2 Å². The lowest BCUT2D eigenvalue weighted by Crippen LogP contribution is -1.96. The Morgan fingerprint density at radius 1 is 1.58 bits per heavy atom. The predicted molar refractivity (Wildman–Crippen MR) is 50.8 cm³/mol. The number of fused-ring (bicyclic) bond motifs is 1. The van der Waals surface area contributed by atoms with E-state index in [1.54, 1.807) is 0 Å². The average Bonchev–Trinajstić information content (AvgIpc) is 2.49. The van der Waals surface area contributed by atoms with Crippen LogP contribution in [0.25, 0.3) is 5.52 Å². The number of hydrogen-bond donors (Lipinski definition) is 1. The van der Waals surface area contributed by atoms with Gasteiger partial charge in [0.05, 0.1) is 11.2 Å². The highest BCUT2D eigenvalue weighted by atomic mass is 79.9. The van der Waals surface area contributed by atoms with Gasteiger partial charge >= 0.3 is 0 Å². The SMILES string of the molecule is NCc1cc2c(Br)cccn2n1. The van der Waals surface area contributed by atoms with Gasteiger partial charge in [0.2, 0.25) is 0 Å². The van der Waals surface area contributed by atoms with E-state index in [9.17, 15) is 0 Å². The van der Waals surface area contributed by atoms with Crippen molar-refractivity contribution in [1.82, 2.24) is 9.61 Å². The van der Waals surface area contributed by atoms with Crippen LogP contribution in [0.2, 0.25) is 0 Å². The Kier molecular flexibility index (Phi) is 1.86. The molecule has 0 radical (unpaired) electrons. The van der Waals surface area contributed by atoms with Gasteiger partial charge in [-0.15, -0.1) is 0 Å². The smallest absolute Gasteiger partial charge is 0.0806 e. The third kappa shape index (κ3) is 1.13. The van der Waals surface area contributed by atoms with Crippen LogP contribution in [0.5, 0.6) is 0 Å². The average molecular weight is 226 g/mol. The topological polar surface area (TPSA) is 43.3 Å². The zero-order valence-corrected chi connectivity index (χ0v) is 7.95. The first-order valence-electron chi connectivity index (χ1n) is 3.64. The molecule has 0 aliphatic rings. The standard InChI is InChI=1S/C8H8BrN3/c9-7-2-1-3-12-8(7)4-6(5-10)11-12/h1-4H,5,10H2. The van der Waals surface area contributed by atoms with Crippen LogP contribution in [0.15, 0.2) is 28.9 Å². The van der Waals surface area contributed by atoms with Gasteiger partial charge in [0.1, 0.15) is 0 Å². The van der Waals surface area contributed by atoms with Gasteiger partial charge in [-0.2, -0.15) is 5.10 Å². The lowest BCUT2D eigenvalue weighted by atomic mass is 10.3. The van der Waals surface area contributed by atoms with Crippen LogP contribution in [0.1, 0.15) is 5.69 Å². The van der Waals surface area contributed by atoms with Gasteiger partial charge in [-0.3, -0.25) is 0 Å². The molecule has 0 spiro atoms. The second-order valence-corrected chi connectivity index (χ2v) is 3.38. The van der Waals surface area contributed by atoms with Crippen molar-refractivity contribution < 1.29 is 0 Å². The van der Waals surface area contributed by atoms with Crippen molar-refractivity contribution in [2.75, 3.05) is 0 Å². The zero-order chi connectivity index (χ0) is 8.55. The van der Waals surface area contributed by atoms with Crippen LogP contribution < -0.4 is 5.73 Å². The molecule has 62 valence electrons. The van der Waals surface area contributed by atoms with Crippen molar-refractivity contribution in [3.05, 3.63) is 34.6 Å². The Hall–Kier alpha value is -0.870. The van der Waals surface area contributed by atoms with Crippen molar-refractivity contribution in [2.45, 2.75) is 6.54 Å². The van der Waals surface area contributed by atoms with E-state index in [2.05, 4.69) is 21.0 Å². The van der Waals surface area contributed by atoms with Gasteiger partial charge < -0.3 is 5.73 Å². The number of halogens is 1. The van der Waals surface area contributed by atoms with E-state index in [1.165, 1.54) is 0 Å². The Morgan fingerprint density at radius 3 is 3.08 bits per heavy atom. The summed E-state index contributed by atoms with van der Waals surface area (Å²) in [6.45, 7) is 0.480. The molecule has 4 heteroatoms. The molecule has 0 fully saturated rings. The van der Waals surface area contributed by atoms with Crippen LogP contribution >= 0.6 is 15.9 Å². The molecule has 0 amide bonds. The van der Waals surface area contributed by atoms with Crippen LogP contribution in [0.3, 0.4) is 0 Å². The monoisotopic (exact) mass is 225 g/mol. The largest absolute Gasteiger partial charge is 0.325 e. The van der Waals surface area contributed by atoms with Crippen molar-refractivity contribution in [3.8, 4) is 0 Å². The maximum atomic E-state index is 5.47. The highest BCUT2D eigenvalue weighted by molar-refractivity contribution is 9.10. The van der Waals surface area contributed by atoms with Crippen LogP contribution in [-0.2, 0) is 6.54 Å². The first-order chi connectivity index (χ1) is 5.81.